The molecule has 0 saturated carbocycles. The van der Waals surface area contributed by atoms with Gasteiger partial charge in [-0.15, -0.1) is 11.8 Å². The van der Waals surface area contributed by atoms with Crippen LogP contribution in [0.2, 0.25) is 0 Å². The van der Waals surface area contributed by atoms with Crippen LogP contribution in [0.5, 0.6) is 11.5 Å². The monoisotopic (exact) mass is 473 g/mol. The molecule has 0 aliphatic carbocycles. The second-order valence-electron chi connectivity index (χ2n) is 7.74. The summed E-state index contributed by atoms with van der Waals surface area (Å²) in [4.78, 5) is 40.8. The molecule has 2 aromatic rings. The number of amides is 3. The van der Waals surface area contributed by atoms with Gasteiger partial charge in [-0.3, -0.25) is 14.4 Å². The molecule has 0 fully saturated rings. The van der Waals surface area contributed by atoms with Crippen LogP contribution in [0.15, 0.2) is 47.4 Å². The van der Waals surface area contributed by atoms with E-state index < -0.39 is 11.9 Å². The van der Waals surface area contributed by atoms with Crippen molar-refractivity contribution in [1.82, 2.24) is 10.2 Å². The molecular formula is C24H31N3O5S. The van der Waals surface area contributed by atoms with Gasteiger partial charge in [-0.2, -0.15) is 0 Å². The van der Waals surface area contributed by atoms with Crippen LogP contribution in [0.25, 0.3) is 0 Å². The van der Waals surface area contributed by atoms with Gasteiger partial charge in [0, 0.05) is 23.6 Å². The molecular weight excluding hydrogens is 442 g/mol. The van der Waals surface area contributed by atoms with Crippen LogP contribution in [-0.2, 0) is 9.59 Å². The highest BCUT2D eigenvalue weighted by Gasteiger charge is 2.28. The Balaban J connectivity index is 2.09. The van der Waals surface area contributed by atoms with Gasteiger partial charge >= 0.3 is 0 Å². The molecule has 0 heterocycles. The lowest BCUT2D eigenvalue weighted by atomic mass is 10.0. The highest BCUT2D eigenvalue weighted by atomic mass is 32.2. The van der Waals surface area contributed by atoms with E-state index in [4.69, 9.17) is 9.47 Å². The Labute approximate surface area is 199 Å². The number of rotatable bonds is 10. The average molecular weight is 474 g/mol. The summed E-state index contributed by atoms with van der Waals surface area (Å²) in [5, 5.41) is 5.62. The van der Waals surface area contributed by atoms with Crippen LogP contribution in [-0.4, -0.2) is 62.7 Å². The number of carbonyl (C=O) groups is 3. The molecule has 8 nitrogen and oxygen atoms in total. The fraction of sp³-hybridized carbons (Fsp3) is 0.375. The number of ether oxygens (including phenoxy) is 2. The van der Waals surface area contributed by atoms with E-state index in [1.54, 1.807) is 25.2 Å². The summed E-state index contributed by atoms with van der Waals surface area (Å²) in [5.74, 6) is -0.389. The van der Waals surface area contributed by atoms with Crippen LogP contribution in [0.4, 0.5) is 5.69 Å². The number of nitrogens with one attached hydrogen (secondary N) is 2. The molecule has 2 aromatic carbocycles. The maximum atomic E-state index is 13.1. The van der Waals surface area contributed by atoms with Gasteiger partial charge < -0.3 is 25.0 Å². The molecule has 0 spiro atoms. The van der Waals surface area contributed by atoms with Crippen molar-refractivity contribution in [2.24, 2.45) is 5.92 Å². The number of anilines is 1. The van der Waals surface area contributed by atoms with Crippen molar-refractivity contribution in [3.63, 3.8) is 0 Å². The van der Waals surface area contributed by atoms with E-state index in [0.717, 1.165) is 4.90 Å². The molecule has 0 aliphatic rings. The highest BCUT2D eigenvalue weighted by Crippen LogP contribution is 2.25. The van der Waals surface area contributed by atoms with E-state index in [0.29, 0.717) is 22.7 Å². The number of carbonyl (C=O) groups excluding carboxylic acids is 3. The third-order valence-electron chi connectivity index (χ3n) is 4.97. The lowest BCUT2D eigenvalue weighted by molar-refractivity contribution is -0.135. The molecule has 1 atom stereocenters. The molecule has 0 aromatic heterocycles. The molecule has 1 unspecified atom stereocenters. The SMILES string of the molecule is COc1cc(OC)cc(C(=O)NC(C(=O)N(C)CC(=O)Nc2ccccc2SC)C(C)C)c1. The molecule has 3 amide bonds. The highest BCUT2D eigenvalue weighted by molar-refractivity contribution is 7.98. The first kappa shape index (κ1) is 26.1. The van der Waals surface area contributed by atoms with Crippen LogP contribution in [0.1, 0.15) is 24.2 Å². The maximum absolute atomic E-state index is 13.1. The Kier molecular flexibility index (Phi) is 9.59. The van der Waals surface area contributed by atoms with Gasteiger partial charge in [0.1, 0.15) is 17.5 Å². The van der Waals surface area contributed by atoms with Gasteiger partial charge in [0.25, 0.3) is 5.91 Å². The third kappa shape index (κ3) is 7.15. The van der Waals surface area contributed by atoms with Gasteiger partial charge in [0.05, 0.1) is 26.5 Å². The van der Waals surface area contributed by atoms with Crippen molar-refractivity contribution < 1.29 is 23.9 Å². The molecule has 0 saturated heterocycles. The number of likely N-dealkylation sites (N-methyl/N-ethyl adjacent to an activating group) is 1. The largest absolute Gasteiger partial charge is 0.497 e. The lowest BCUT2D eigenvalue weighted by Gasteiger charge is -2.27. The van der Waals surface area contributed by atoms with Crippen molar-refractivity contribution in [2.75, 3.05) is 39.4 Å². The first-order chi connectivity index (χ1) is 15.7. The predicted molar refractivity (Wildman–Crippen MR) is 130 cm³/mol. The molecule has 0 radical (unpaired) electrons. The average Bonchev–Trinajstić information content (AvgIpc) is 2.81. The standard InChI is InChI=1S/C24H31N3O5S/c1-15(2)22(26-23(29)16-11-17(31-4)13-18(12-16)32-5)24(30)27(3)14-21(28)25-19-9-7-8-10-20(19)33-6/h7-13,15,22H,14H2,1-6H3,(H,25,28)(H,26,29). The molecule has 0 aliphatic heterocycles. The molecule has 2 rings (SSSR count). The summed E-state index contributed by atoms with van der Waals surface area (Å²) < 4.78 is 10.4. The van der Waals surface area contributed by atoms with Crippen molar-refractivity contribution >= 4 is 35.2 Å². The summed E-state index contributed by atoms with van der Waals surface area (Å²) in [5.41, 5.74) is 0.996. The van der Waals surface area contributed by atoms with Gasteiger partial charge in [-0.05, 0) is 36.4 Å². The topological polar surface area (TPSA) is 97.0 Å². The number of hydrogen-bond donors (Lipinski definition) is 2. The van der Waals surface area contributed by atoms with Crippen LogP contribution < -0.4 is 20.1 Å². The quantitative estimate of drug-likeness (QED) is 0.514. The Hall–Kier alpha value is -3.20. The summed E-state index contributed by atoms with van der Waals surface area (Å²) in [7, 11) is 4.53. The van der Waals surface area contributed by atoms with Crippen molar-refractivity contribution in [1.29, 1.82) is 0 Å². The summed E-state index contributed by atoms with van der Waals surface area (Å²) in [6, 6.07) is 11.4. The normalized spacial score (nSPS) is 11.5. The Morgan fingerprint density at radius 3 is 2.18 bits per heavy atom. The van der Waals surface area contributed by atoms with E-state index in [1.807, 2.05) is 44.4 Å². The second-order valence-corrected chi connectivity index (χ2v) is 8.59. The van der Waals surface area contributed by atoms with E-state index in [2.05, 4.69) is 10.6 Å². The second kappa shape index (κ2) is 12.2. The molecule has 9 heteroatoms. The molecule has 33 heavy (non-hydrogen) atoms. The summed E-state index contributed by atoms with van der Waals surface area (Å²) in [6.45, 7) is 3.52. The zero-order chi connectivity index (χ0) is 24.5. The van der Waals surface area contributed by atoms with E-state index >= 15 is 0 Å². The van der Waals surface area contributed by atoms with Crippen LogP contribution in [0.3, 0.4) is 0 Å². The lowest BCUT2D eigenvalue weighted by Crippen LogP contribution is -2.51. The van der Waals surface area contributed by atoms with Gasteiger partial charge in [-0.25, -0.2) is 0 Å². The zero-order valence-corrected chi connectivity index (χ0v) is 20.6. The van der Waals surface area contributed by atoms with Crippen molar-refractivity contribution in [3.05, 3.63) is 48.0 Å². The molecule has 178 valence electrons. The van der Waals surface area contributed by atoms with Crippen LogP contribution in [0, 0.1) is 5.92 Å². The Bertz CT molecular complexity index is 974. The minimum Gasteiger partial charge on any atom is -0.497 e. The Morgan fingerprint density at radius 1 is 1.03 bits per heavy atom. The van der Waals surface area contributed by atoms with E-state index in [-0.39, 0.29) is 24.3 Å². The Morgan fingerprint density at radius 2 is 1.64 bits per heavy atom. The maximum Gasteiger partial charge on any atom is 0.252 e. The zero-order valence-electron chi connectivity index (χ0n) is 19.8. The van der Waals surface area contributed by atoms with Gasteiger partial charge in [0.2, 0.25) is 11.8 Å². The minimum absolute atomic E-state index is 0.145. The minimum atomic E-state index is -0.814. The number of benzene rings is 2. The van der Waals surface area contributed by atoms with Crippen molar-refractivity contribution in [2.45, 2.75) is 24.8 Å². The smallest absolute Gasteiger partial charge is 0.252 e. The number of methoxy groups -OCH3 is 2. The number of para-hydroxylation sites is 1. The van der Waals surface area contributed by atoms with Gasteiger partial charge in [0.15, 0.2) is 0 Å². The fourth-order valence-corrected chi connectivity index (χ4v) is 3.70. The third-order valence-corrected chi connectivity index (χ3v) is 5.77. The first-order valence-electron chi connectivity index (χ1n) is 10.4. The van der Waals surface area contributed by atoms with E-state index in [9.17, 15) is 14.4 Å². The fourth-order valence-electron chi connectivity index (χ4n) is 3.15. The number of nitrogens with zero attached hydrogens (tertiary/aromatic N) is 1. The number of thioether (sulfide) groups is 1. The summed E-state index contributed by atoms with van der Waals surface area (Å²) >= 11 is 1.52. The molecule has 2 N–H and O–H groups in total. The number of hydrogen-bond acceptors (Lipinski definition) is 6. The van der Waals surface area contributed by atoms with Gasteiger partial charge in [-0.1, -0.05) is 26.0 Å². The molecule has 0 bridgehead atoms. The predicted octanol–water partition coefficient (Wildman–Crippen LogP) is 3.28. The van der Waals surface area contributed by atoms with Crippen LogP contribution >= 0.6 is 11.8 Å². The van der Waals surface area contributed by atoms with Crippen molar-refractivity contribution in [3.8, 4) is 11.5 Å². The summed E-state index contributed by atoms with van der Waals surface area (Å²) in [6.07, 6.45) is 1.93. The van der Waals surface area contributed by atoms with E-state index in [1.165, 1.54) is 30.9 Å². The first-order valence-corrected chi connectivity index (χ1v) is 11.6.